The van der Waals surface area contributed by atoms with Crippen molar-refractivity contribution in [3.8, 4) is 17.6 Å². The van der Waals surface area contributed by atoms with Gasteiger partial charge < -0.3 is 65.7 Å². The number of nitrogens with zero attached hydrogens (tertiary/aromatic N) is 13. The Morgan fingerprint density at radius 3 is 1.14 bits per heavy atom. The number of carbonyl (C=O) groups is 3. The first-order valence-electron chi connectivity index (χ1n) is 32.5. The monoisotopic (exact) mass is 1580 g/mol. The fourth-order valence-electron chi connectivity index (χ4n) is 10.5. The first-order chi connectivity index (χ1) is 49.4. The Morgan fingerprint density at radius 2 is 0.816 bits per heavy atom. The molecule has 0 aliphatic carbocycles. The van der Waals surface area contributed by atoms with Crippen LogP contribution in [-0.2, 0) is 19.8 Å². The number of ether oxygens (including phenoxy) is 3. The van der Waals surface area contributed by atoms with Gasteiger partial charge in [0.05, 0.1) is 69.5 Å². The number of piperazine rings is 3. The smallest absolute Gasteiger partial charge is 0.250 e. The van der Waals surface area contributed by atoms with Crippen LogP contribution < -0.4 is 51.0 Å². The molecule has 103 heavy (non-hydrogen) atoms. The molecule has 0 bridgehead atoms. The SMILES string of the molecule is CN1CCN(c2ncc(Sc3ccc(C(N)=O)c(Cl)c3)c(OCc3ccc(F)c(Br)c3)n2)CC1.CN1CCN(c2ncc(Sc3ccc(C(N)=O)c(Cl)c3)c(OCc3cccc(N(C)C)c3)n2)CC1.Cc1cc(COc2nc(N3CCN(C)CC3)ncc2Sc2ccc(C(N)=O)c(Cl)c2)ccc1F. The lowest BCUT2D eigenvalue weighted by atomic mass is 10.1. The molecule has 3 fully saturated rings. The van der Waals surface area contributed by atoms with E-state index in [4.69, 9.17) is 81.2 Å². The lowest BCUT2D eigenvalue weighted by molar-refractivity contribution is 0.0992. The maximum atomic E-state index is 13.7. The number of aryl methyl sites for hydroxylation is 1. The second-order valence-electron chi connectivity index (χ2n) is 24.5. The Labute approximate surface area is 633 Å². The van der Waals surface area contributed by atoms with Crippen molar-refractivity contribution in [1.29, 1.82) is 0 Å². The molecular weight excluding hydrogens is 1510 g/mol. The van der Waals surface area contributed by atoms with Crippen LogP contribution in [-0.4, -0.2) is 176 Å². The summed E-state index contributed by atoms with van der Waals surface area (Å²) >= 11 is 26.1. The molecule has 0 spiro atoms. The van der Waals surface area contributed by atoms with Gasteiger partial charge in [0.15, 0.2) is 0 Å². The van der Waals surface area contributed by atoms with Crippen LogP contribution in [0.2, 0.25) is 15.1 Å². The largest absolute Gasteiger partial charge is 0.472 e. The number of likely N-dealkylation sites (N-methyl/N-ethyl adjacent to an activating group) is 3. The number of primary amides is 3. The summed E-state index contributed by atoms with van der Waals surface area (Å²) in [5.74, 6) is 0.860. The topological polar surface area (TPSA) is 257 Å². The molecule has 3 amide bonds. The zero-order chi connectivity index (χ0) is 73.4. The highest BCUT2D eigenvalue weighted by molar-refractivity contribution is 9.10. The number of carbonyl (C=O) groups excluding carboxylic acids is 3. The van der Waals surface area contributed by atoms with Gasteiger partial charge in [-0.3, -0.25) is 14.4 Å². The van der Waals surface area contributed by atoms with E-state index in [1.165, 1.54) is 47.4 Å². The first kappa shape index (κ1) is 77.3. The van der Waals surface area contributed by atoms with E-state index in [0.29, 0.717) is 66.9 Å². The molecule has 12 rings (SSSR count). The number of benzene rings is 6. The van der Waals surface area contributed by atoms with Gasteiger partial charge in [-0.05, 0) is 157 Å². The number of hydrogen-bond donors (Lipinski definition) is 3. The average molecular weight is 1580 g/mol. The van der Waals surface area contributed by atoms with E-state index < -0.39 is 17.7 Å². The van der Waals surface area contributed by atoms with Crippen LogP contribution >= 0.6 is 86.0 Å². The molecule has 6 N–H and O–H groups in total. The maximum absolute atomic E-state index is 13.7. The molecule has 22 nitrogen and oxygen atoms in total. The molecule has 0 atom stereocenters. The van der Waals surface area contributed by atoms with Crippen molar-refractivity contribution in [2.24, 2.45) is 17.2 Å². The quantitative estimate of drug-likeness (QED) is 0.0570. The molecular formula is C72H76BrCl3F2N16O6S3. The number of anilines is 4. The molecule has 6 heterocycles. The molecule has 3 aromatic heterocycles. The Morgan fingerprint density at radius 1 is 0.476 bits per heavy atom. The molecule has 0 unspecified atom stereocenters. The van der Waals surface area contributed by atoms with Gasteiger partial charge in [-0.25, -0.2) is 23.7 Å². The molecule has 0 radical (unpaired) electrons. The number of rotatable bonds is 22. The summed E-state index contributed by atoms with van der Waals surface area (Å²) in [6, 6.07) is 33.0. The van der Waals surface area contributed by atoms with Crippen LogP contribution in [0, 0.1) is 18.6 Å². The van der Waals surface area contributed by atoms with Gasteiger partial charge in [-0.15, -0.1) is 0 Å². The highest BCUT2D eigenvalue weighted by atomic mass is 79.9. The van der Waals surface area contributed by atoms with Crippen molar-refractivity contribution in [3.63, 3.8) is 0 Å². The van der Waals surface area contributed by atoms with E-state index in [9.17, 15) is 23.2 Å². The third-order valence-electron chi connectivity index (χ3n) is 16.5. The summed E-state index contributed by atoms with van der Waals surface area (Å²) in [6.45, 7) is 13.1. The number of halogens is 6. The zero-order valence-electron chi connectivity index (χ0n) is 57.3. The highest BCUT2D eigenvalue weighted by Gasteiger charge is 2.25. The van der Waals surface area contributed by atoms with Crippen LogP contribution in [0.4, 0.5) is 32.3 Å². The molecule has 9 aromatic rings. The lowest BCUT2D eigenvalue weighted by Gasteiger charge is -2.32. The predicted molar refractivity (Wildman–Crippen MR) is 407 cm³/mol. The molecule has 3 aliphatic rings. The van der Waals surface area contributed by atoms with Crippen LogP contribution in [0.1, 0.15) is 53.3 Å². The first-order valence-corrected chi connectivity index (χ1v) is 36.8. The van der Waals surface area contributed by atoms with Crippen LogP contribution in [0.25, 0.3) is 0 Å². The highest BCUT2D eigenvalue weighted by Crippen LogP contribution is 2.40. The predicted octanol–water partition coefficient (Wildman–Crippen LogP) is 12.5. The minimum atomic E-state index is -0.587. The van der Waals surface area contributed by atoms with Gasteiger partial charge >= 0.3 is 0 Å². The van der Waals surface area contributed by atoms with Crippen LogP contribution in [0.5, 0.6) is 17.6 Å². The van der Waals surface area contributed by atoms with Crippen LogP contribution in [0.3, 0.4) is 0 Å². The summed E-state index contributed by atoms with van der Waals surface area (Å²) < 4.78 is 46.0. The summed E-state index contributed by atoms with van der Waals surface area (Å²) in [4.78, 5) is 82.2. The van der Waals surface area contributed by atoms with E-state index in [1.807, 2.05) is 26.2 Å². The fourth-order valence-corrected chi connectivity index (χ4v) is 14.5. The van der Waals surface area contributed by atoms with Gasteiger partial charge in [0.25, 0.3) is 0 Å². The normalized spacial score (nSPS) is 14.2. The standard InChI is InChI=1S/C25H29ClN6O2S.C24H25ClFN5O2S.C23H22BrClFN5O2S/c1-30(2)18-6-4-5-17(13-18)16-34-24-22(35-19-7-8-20(23(27)33)21(26)14-19)15-28-25(29-24)32-11-9-31(3)10-12-32;1-15-11-16(3-6-20(15)26)14-33-23-21(34-17-4-5-18(22(27)32)19(25)12-17)13-28-24(29-23)31-9-7-30(2)8-10-31;1-30-6-8-31(9-7-30)23-28-12-20(34-15-3-4-16(21(27)32)18(25)11-15)22(29-23)33-13-14-2-5-19(26)17(24)10-14/h4-8,13-15H,9-12,16H2,1-3H3,(H2,27,33);3-6,11-13H,7-10,14H2,1-2H3,(H2,27,32);2-5,10-12H,6-9,13H2,1H3,(H2,27,32). The molecule has 6 aromatic carbocycles. The summed E-state index contributed by atoms with van der Waals surface area (Å²) in [7, 11) is 10.3. The maximum Gasteiger partial charge on any atom is 0.250 e. The average Bonchev–Trinajstić information content (AvgIpc) is 0.824. The summed E-state index contributed by atoms with van der Waals surface area (Å²) in [5.41, 5.74) is 21.2. The molecule has 540 valence electrons. The Hall–Kier alpha value is -8.29. The second-order valence-corrected chi connectivity index (χ2v) is 29.9. The Kier molecular flexibility index (Phi) is 27.3. The Bertz CT molecular complexity index is 4320. The molecule has 3 saturated heterocycles. The van der Waals surface area contributed by atoms with Gasteiger partial charge in [0.1, 0.15) is 31.5 Å². The Balaban J connectivity index is 0.000000166. The van der Waals surface area contributed by atoms with Crippen molar-refractivity contribution >= 4 is 127 Å². The van der Waals surface area contributed by atoms with Crippen molar-refractivity contribution in [3.05, 3.63) is 204 Å². The number of amides is 3. The molecule has 31 heteroatoms. The van der Waals surface area contributed by atoms with Crippen molar-refractivity contribution in [1.82, 2.24) is 44.6 Å². The summed E-state index contributed by atoms with van der Waals surface area (Å²) in [6.07, 6.45) is 5.23. The van der Waals surface area contributed by atoms with Gasteiger partial charge in [0.2, 0.25) is 53.2 Å². The third-order valence-corrected chi connectivity index (χ3v) is 21.1. The van der Waals surface area contributed by atoms with E-state index in [-0.39, 0.29) is 51.6 Å². The lowest BCUT2D eigenvalue weighted by Crippen LogP contribution is -2.45. The van der Waals surface area contributed by atoms with Gasteiger partial charge in [-0.1, -0.05) is 94.4 Å². The van der Waals surface area contributed by atoms with E-state index in [1.54, 1.807) is 104 Å². The van der Waals surface area contributed by atoms with Crippen LogP contribution in [0.15, 0.2) is 168 Å². The van der Waals surface area contributed by atoms with E-state index in [0.717, 1.165) is 120 Å². The summed E-state index contributed by atoms with van der Waals surface area (Å²) in [5, 5.41) is 0.850. The minimum absolute atomic E-state index is 0.201. The number of nitrogens with two attached hydrogens (primary N) is 3. The van der Waals surface area contributed by atoms with Gasteiger partial charge in [0, 0.05) is 113 Å². The fraction of sp³-hybridized carbons (Fsp3) is 0.292. The van der Waals surface area contributed by atoms with Crippen molar-refractivity contribution < 1.29 is 37.4 Å². The minimum Gasteiger partial charge on any atom is -0.472 e. The number of hydrogen-bond acceptors (Lipinski definition) is 22. The van der Waals surface area contributed by atoms with E-state index in [2.05, 4.69) is 98.5 Å². The third kappa shape index (κ3) is 21.7. The van der Waals surface area contributed by atoms with Gasteiger partial charge in [-0.2, -0.15) is 15.0 Å². The van der Waals surface area contributed by atoms with Crippen molar-refractivity contribution in [2.75, 3.05) is 133 Å². The zero-order valence-corrected chi connectivity index (χ0v) is 63.6. The second kappa shape index (κ2) is 36.4. The number of aromatic nitrogens is 6. The van der Waals surface area contributed by atoms with E-state index >= 15 is 0 Å². The molecule has 0 saturated carbocycles. The van der Waals surface area contributed by atoms with Crippen molar-refractivity contribution in [2.45, 2.75) is 56.1 Å². The molecule has 3 aliphatic heterocycles.